The molecule has 1 unspecified atom stereocenters. The Bertz CT molecular complexity index is 451. The molecular weight excluding hydrogens is 291 g/mol. The van der Waals surface area contributed by atoms with Gasteiger partial charge in [-0.05, 0) is 25.1 Å². The first-order valence-electron chi connectivity index (χ1n) is 4.93. The summed E-state index contributed by atoms with van der Waals surface area (Å²) in [6.45, 7) is 1.52. The molecule has 92 valence electrons. The summed E-state index contributed by atoms with van der Waals surface area (Å²) in [7, 11) is 1.46. The Morgan fingerprint density at radius 1 is 1.41 bits per heavy atom. The number of carbonyl (C=O) groups is 2. The van der Waals surface area contributed by atoms with Gasteiger partial charge in [0.05, 0.1) is 5.56 Å². The molecule has 1 aromatic rings. The Morgan fingerprint density at radius 2 is 2.06 bits per heavy atom. The van der Waals surface area contributed by atoms with Crippen molar-refractivity contribution < 1.29 is 14.0 Å². The Balaban J connectivity index is 2.83. The van der Waals surface area contributed by atoms with E-state index >= 15 is 0 Å². The summed E-state index contributed by atoms with van der Waals surface area (Å²) in [6.07, 6.45) is 0. The molecule has 0 saturated heterocycles. The lowest BCUT2D eigenvalue weighted by Gasteiger charge is -2.12. The molecular formula is C11H12BrFN2O2. The second kappa shape index (κ2) is 5.77. The standard InChI is InChI=1S/C11H12BrFN2O2/c1-6(10(16)14-2)15-11(17)8-5-7(12)3-4-9(8)13/h3-6H,1-2H3,(H,14,16)(H,15,17). The van der Waals surface area contributed by atoms with E-state index in [1.54, 1.807) is 0 Å². The van der Waals surface area contributed by atoms with Crippen molar-refractivity contribution in [2.24, 2.45) is 0 Å². The fraction of sp³-hybridized carbons (Fsp3) is 0.273. The molecule has 2 amide bonds. The number of likely N-dealkylation sites (N-methyl/N-ethyl adjacent to an activating group) is 1. The van der Waals surface area contributed by atoms with Gasteiger partial charge < -0.3 is 10.6 Å². The number of carbonyl (C=O) groups excluding carboxylic acids is 2. The zero-order chi connectivity index (χ0) is 13.0. The van der Waals surface area contributed by atoms with Gasteiger partial charge in [0.2, 0.25) is 5.91 Å². The van der Waals surface area contributed by atoms with E-state index in [1.807, 2.05) is 0 Å². The van der Waals surface area contributed by atoms with Crippen molar-refractivity contribution in [3.63, 3.8) is 0 Å². The van der Waals surface area contributed by atoms with Crippen molar-refractivity contribution in [2.45, 2.75) is 13.0 Å². The maximum absolute atomic E-state index is 13.4. The van der Waals surface area contributed by atoms with Crippen molar-refractivity contribution in [3.05, 3.63) is 34.1 Å². The van der Waals surface area contributed by atoms with Crippen LogP contribution in [-0.4, -0.2) is 24.9 Å². The van der Waals surface area contributed by atoms with Crippen molar-refractivity contribution in [3.8, 4) is 0 Å². The first-order chi connectivity index (χ1) is 7.95. The van der Waals surface area contributed by atoms with Crippen molar-refractivity contribution in [1.29, 1.82) is 0 Å². The van der Waals surface area contributed by atoms with E-state index in [4.69, 9.17) is 0 Å². The van der Waals surface area contributed by atoms with Gasteiger partial charge in [-0.1, -0.05) is 15.9 Å². The maximum Gasteiger partial charge on any atom is 0.254 e. The van der Waals surface area contributed by atoms with Crippen LogP contribution >= 0.6 is 15.9 Å². The number of nitrogens with one attached hydrogen (secondary N) is 2. The fourth-order valence-corrected chi connectivity index (χ4v) is 1.59. The second-order valence-electron chi connectivity index (χ2n) is 3.43. The highest BCUT2D eigenvalue weighted by Gasteiger charge is 2.17. The van der Waals surface area contributed by atoms with E-state index in [2.05, 4.69) is 26.6 Å². The molecule has 0 aromatic heterocycles. The quantitative estimate of drug-likeness (QED) is 0.888. The third-order valence-electron chi connectivity index (χ3n) is 2.16. The molecule has 0 spiro atoms. The van der Waals surface area contributed by atoms with Gasteiger partial charge in [0, 0.05) is 11.5 Å². The predicted molar refractivity (Wildman–Crippen MR) is 65.1 cm³/mol. The van der Waals surface area contributed by atoms with Gasteiger partial charge in [-0.2, -0.15) is 0 Å². The summed E-state index contributed by atoms with van der Waals surface area (Å²) in [5.74, 6) is -1.59. The fourth-order valence-electron chi connectivity index (χ4n) is 1.23. The molecule has 6 heteroatoms. The average molecular weight is 303 g/mol. The normalized spacial score (nSPS) is 11.8. The number of hydrogen-bond acceptors (Lipinski definition) is 2. The molecule has 0 aliphatic rings. The topological polar surface area (TPSA) is 58.2 Å². The van der Waals surface area contributed by atoms with Crippen LogP contribution in [0.3, 0.4) is 0 Å². The Kier molecular flexibility index (Phi) is 4.62. The lowest BCUT2D eigenvalue weighted by molar-refractivity contribution is -0.122. The van der Waals surface area contributed by atoms with Crippen molar-refractivity contribution >= 4 is 27.7 Å². The highest BCUT2D eigenvalue weighted by atomic mass is 79.9. The number of benzene rings is 1. The summed E-state index contributed by atoms with van der Waals surface area (Å²) in [5, 5.41) is 4.79. The molecule has 1 aromatic carbocycles. The van der Waals surface area contributed by atoms with E-state index in [0.717, 1.165) is 0 Å². The molecule has 0 aliphatic carbocycles. The third kappa shape index (κ3) is 3.52. The molecule has 0 saturated carbocycles. The van der Waals surface area contributed by atoms with Crippen LogP contribution in [-0.2, 0) is 4.79 Å². The van der Waals surface area contributed by atoms with Crippen LogP contribution in [0.25, 0.3) is 0 Å². The monoisotopic (exact) mass is 302 g/mol. The third-order valence-corrected chi connectivity index (χ3v) is 2.65. The van der Waals surface area contributed by atoms with Crippen LogP contribution in [0, 0.1) is 5.82 Å². The summed E-state index contributed by atoms with van der Waals surface area (Å²) >= 11 is 3.15. The largest absolute Gasteiger partial charge is 0.357 e. The molecule has 0 aliphatic heterocycles. The van der Waals surface area contributed by atoms with Gasteiger partial charge >= 0.3 is 0 Å². The van der Waals surface area contributed by atoms with Crippen LogP contribution in [0.2, 0.25) is 0 Å². The van der Waals surface area contributed by atoms with E-state index < -0.39 is 17.8 Å². The zero-order valence-electron chi connectivity index (χ0n) is 9.38. The molecule has 0 heterocycles. The molecule has 17 heavy (non-hydrogen) atoms. The van der Waals surface area contributed by atoms with Gasteiger partial charge in [0.25, 0.3) is 5.91 Å². The first-order valence-corrected chi connectivity index (χ1v) is 5.72. The zero-order valence-corrected chi connectivity index (χ0v) is 11.0. The summed E-state index contributed by atoms with van der Waals surface area (Å²) < 4.78 is 14.0. The minimum atomic E-state index is -0.717. The van der Waals surface area contributed by atoms with Gasteiger partial charge in [0.15, 0.2) is 0 Å². The van der Waals surface area contributed by atoms with E-state index in [1.165, 1.54) is 32.2 Å². The molecule has 2 N–H and O–H groups in total. The SMILES string of the molecule is CNC(=O)C(C)NC(=O)c1cc(Br)ccc1F. The van der Waals surface area contributed by atoms with Crippen LogP contribution < -0.4 is 10.6 Å². The molecule has 4 nitrogen and oxygen atoms in total. The number of amides is 2. The van der Waals surface area contributed by atoms with Crippen LogP contribution in [0.5, 0.6) is 0 Å². The van der Waals surface area contributed by atoms with Gasteiger partial charge in [-0.15, -0.1) is 0 Å². The van der Waals surface area contributed by atoms with E-state index in [9.17, 15) is 14.0 Å². The van der Waals surface area contributed by atoms with Crippen LogP contribution in [0.15, 0.2) is 22.7 Å². The molecule has 0 radical (unpaired) electrons. The van der Waals surface area contributed by atoms with Gasteiger partial charge in [0.1, 0.15) is 11.9 Å². The average Bonchev–Trinajstić information content (AvgIpc) is 2.30. The Labute approximate surface area is 107 Å². The highest BCUT2D eigenvalue weighted by molar-refractivity contribution is 9.10. The molecule has 1 atom stereocenters. The van der Waals surface area contributed by atoms with Gasteiger partial charge in [-0.3, -0.25) is 9.59 Å². The van der Waals surface area contributed by atoms with Crippen LogP contribution in [0.1, 0.15) is 17.3 Å². The number of rotatable bonds is 3. The summed E-state index contributed by atoms with van der Waals surface area (Å²) in [6, 6.07) is 3.32. The number of hydrogen-bond donors (Lipinski definition) is 2. The van der Waals surface area contributed by atoms with Gasteiger partial charge in [-0.25, -0.2) is 4.39 Å². The van der Waals surface area contributed by atoms with E-state index in [-0.39, 0.29) is 11.5 Å². The lowest BCUT2D eigenvalue weighted by Crippen LogP contribution is -2.43. The highest BCUT2D eigenvalue weighted by Crippen LogP contribution is 2.15. The minimum Gasteiger partial charge on any atom is -0.357 e. The van der Waals surface area contributed by atoms with E-state index in [0.29, 0.717) is 4.47 Å². The number of halogens is 2. The Morgan fingerprint density at radius 3 is 2.65 bits per heavy atom. The lowest BCUT2D eigenvalue weighted by atomic mass is 10.2. The first kappa shape index (κ1) is 13.6. The summed E-state index contributed by atoms with van der Waals surface area (Å²) in [5.41, 5.74) is -0.102. The second-order valence-corrected chi connectivity index (χ2v) is 4.35. The Hall–Kier alpha value is -1.43. The van der Waals surface area contributed by atoms with Crippen molar-refractivity contribution in [1.82, 2.24) is 10.6 Å². The maximum atomic E-state index is 13.4. The minimum absolute atomic E-state index is 0.102. The summed E-state index contributed by atoms with van der Waals surface area (Å²) in [4.78, 5) is 22.9. The molecule has 0 bridgehead atoms. The smallest absolute Gasteiger partial charge is 0.254 e. The predicted octanol–water partition coefficient (Wildman–Crippen LogP) is 1.45. The van der Waals surface area contributed by atoms with Crippen LogP contribution in [0.4, 0.5) is 4.39 Å². The van der Waals surface area contributed by atoms with Crippen molar-refractivity contribution in [2.75, 3.05) is 7.05 Å². The molecule has 0 fully saturated rings. The molecule has 1 rings (SSSR count).